The second kappa shape index (κ2) is 9.85. The van der Waals surface area contributed by atoms with E-state index in [1.54, 1.807) is 30.5 Å². The molecule has 0 saturated carbocycles. The highest BCUT2D eigenvalue weighted by atomic mass is 32.2. The molecule has 34 heavy (non-hydrogen) atoms. The minimum Gasteiger partial charge on any atom is -0.460 e. The van der Waals surface area contributed by atoms with E-state index < -0.39 is 22.5 Å². The fraction of sp³-hybridized carbons (Fsp3) is 0.192. The van der Waals surface area contributed by atoms with Crippen LogP contribution in [0.25, 0.3) is 22.1 Å². The largest absolute Gasteiger partial charge is 0.460 e. The summed E-state index contributed by atoms with van der Waals surface area (Å²) in [5, 5.41) is 3.58. The summed E-state index contributed by atoms with van der Waals surface area (Å²) in [7, 11) is -0.990. The normalized spacial score (nSPS) is 12.6. The van der Waals surface area contributed by atoms with E-state index in [2.05, 4.69) is 5.32 Å². The van der Waals surface area contributed by atoms with Gasteiger partial charge in [0.05, 0.1) is 5.56 Å². The number of hydrogen-bond acceptors (Lipinski definition) is 3. The third-order valence-electron chi connectivity index (χ3n) is 5.34. The Morgan fingerprint density at radius 1 is 1.00 bits per heavy atom. The van der Waals surface area contributed by atoms with Gasteiger partial charge >= 0.3 is 6.18 Å². The van der Waals surface area contributed by atoms with Crippen molar-refractivity contribution in [2.45, 2.75) is 12.6 Å². The fourth-order valence-corrected chi connectivity index (χ4v) is 4.12. The monoisotopic (exact) mass is 485 g/mol. The van der Waals surface area contributed by atoms with E-state index in [4.69, 9.17) is 4.42 Å². The number of nitrogens with one attached hydrogen (secondary N) is 1. The van der Waals surface area contributed by atoms with E-state index >= 15 is 0 Å². The molecule has 0 saturated heterocycles. The highest BCUT2D eigenvalue weighted by Crippen LogP contribution is 2.33. The van der Waals surface area contributed by atoms with Gasteiger partial charge in [0.25, 0.3) is 5.91 Å². The lowest BCUT2D eigenvalue weighted by Gasteiger charge is -2.08. The van der Waals surface area contributed by atoms with Crippen LogP contribution in [0.15, 0.2) is 77.2 Å². The number of carbonyl (C=O) groups is 1. The van der Waals surface area contributed by atoms with Crippen LogP contribution in [-0.4, -0.2) is 28.7 Å². The van der Waals surface area contributed by atoms with Crippen LogP contribution < -0.4 is 5.32 Å². The van der Waals surface area contributed by atoms with Crippen LogP contribution in [-0.2, 0) is 23.4 Å². The molecule has 0 aliphatic carbocycles. The Labute approximate surface area is 197 Å². The number of fused-ring (bicyclic) bond motifs is 1. The highest BCUT2D eigenvalue weighted by Gasteiger charge is 2.30. The van der Waals surface area contributed by atoms with Gasteiger partial charge in [-0.25, -0.2) is 0 Å². The number of hydrogen-bond donors (Lipinski definition) is 1. The second-order valence-electron chi connectivity index (χ2n) is 7.93. The molecule has 176 valence electrons. The molecule has 0 aliphatic heterocycles. The first-order chi connectivity index (χ1) is 16.2. The van der Waals surface area contributed by atoms with Crippen molar-refractivity contribution in [1.29, 1.82) is 0 Å². The molecule has 4 rings (SSSR count). The molecular formula is C26H22F3NO3S. The fourth-order valence-electron chi connectivity index (χ4n) is 3.73. The van der Waals surface area contributed by atoms with Crippen LogP contribution >= 0.6 is 0 Å². The molecule has 1 aromatic heterocycles. The number of carbonyl (C=O) groups excluding carboxylic acids is 1. The minimum atomic E-state index is -4.40. The van der Waals surface area contributed by atoms with Crippen molar-refractivity contribution in [3.63, 3.8) is 0 Å². The van der Waals surface area contributed by atoms with Crippen LogP contribution in [0, 0.1) is 0 Å². The van der Waals surface area contributed by atoms with Gasteiger partial charge in [0.2, 0.25) is 0 Å². The molecule has 8 heteroatoms. The van der Waals surface area contributed by atoms with E-state index in [9.17, 15) is 22.2 Å². The van der Waals surface area contributed by atoms with Crippen LogP contribution in [0.5, 0.6) is 0 Å². The van der Waals surface area contributed by atoms with E-state index in [0.29, 0.717) is 34.8 Å². The molecular weight excluding hydrogens is 463 g/mol. The van der Waals surface area contributed by atoms with Gasteiger partial charge < -0.3 is 9.73 Å². The van der Waals surface area contributed by atoms with Gasteiger partial charge in [-0.3, -0.25) is 9.00 Å². The van der Waals surface area contributed by atoms with E-state index in [1.165, 1.54) is 6.07 Å². The lowest BCUT2D eigenvalue weighted by molar-refractivity contribution is -0.137. The lowest BCUT2D eigenvalue weighted by atomic mass is 10.0. The number of para-hydroxylation sites is 1. The Bertz CT molecular complexity index is 1360. The van der Waals surface area contributed by atoms with Crippen molar-refractivity contribution in [3.05, 3.63) is 95.2 Å². The van der Waals surface area contributed by atoms with Crippen molar-refractivity contribution >= 4 is 27.7 Å². The van der Waals surface area contributed by atoms with Crippen LogP contribution in [0.4, 0.5) is 13.2 Å². The van der Waals surface area contributed by atoms with Crippen molar-refractivity contribution in [2.75, 3.05) is 18.6 Å². The maximum absolute atomic E-state index is 13.0. The summed E-state index contributed by atoms with van der Waals surface area (Å²) >= 11 is 0. The summed E-state index contributed by atoms with van der Waals surface area (Å²) in [4.78, 5) is 12.5. The first-order valence-corrected chi connectivity index (χ1v) is 12.3. The Hall–Kier alpha value is -3.39. The molecule has 1 atom stereocenters. The van der Waals surface area contributed by atoms with Crippen LogP contribution in [0.2, 0.25) is 0 Å². The van der Waals surface area contributed by atoms with Crippen molar-refractivity contribution in [2.24, 2.45) is 0 Å². The average Bonchev–Trinajstić information content (AvgIpc) is 3.21. The Balaban J connectivity index is 1.61. The molecule has 1 unspecified atom stereocenters. The van der Waals surface area contributed by atoms with Gasteiger partial charge in [-0.1, -0.05) is 48.5 Å². The first-order valence-electron chi connectivity index (χ1n) is 10.6. The highest BCUT2D eigenvalue weighted by molar-refractivity contribution is 7.84. The Morgan fingerprint density at radius 3 is 2.53 bits per heavy atom. The molecule has 4 nitrogen and oxygen atoms in total. The minimum absolute atomic E-state index is 0.222. The molecule has 1 N–H and O–H groups in total. The van der Waals surface area contributed by atoms with E-state index in [1.807, 2.05) is 30.3 Å². The van der Waals surface area contributed by atoms with Crippen LogP contribution in [0.1, 0.15) is 27.2 Å². The summed E-state index contributed by atoms with van der Waals surface area (Å²) in [5.74, 6) is 0.665. The predicted octanol–water partition coefficient (Wildman–Crippen LogP) is 5.82. The third-order valence-corrected chi connectivity index (χ3v) is 6.12. The maximum atomic E-state index is 13.0. The quantitative estimate of drug-likeness (QED) is 0.359. The summed E-state index contributed by atoms with van der Waals surface area (Å²) < 4.78 is 56.4. The molecule has 4 aromatic rings. The number of benzene rings is 3. The van der Waals surface area contributed by atoms with Crippen molar-refractivity contribution in [3.8, 4) is 11.1 Å². The molecule has 0 fully saturated rings. The predicted molar refractivity (Wildman–Crippen MR) is 127 cm³/mol. The van der Waals surface area contributed by atoms with E-state index in [0.717, 1.165) is 28.6 Å². The molecule has 3 aromatic carbocycles. The van der Waals surface area contributed by atoms with Crippen molar-refractivity contribution in [1.82, 2.24) is 5.32 Å². The summed E-state index contributed by atoms with van der Waals surface area (Å²) in [6.45, 7) is 0.318. The zero-order chi connectivity index (χ0) is 24.3. The number of furan rings is 1. The zero-order valence-corrected chi connectivity index (χ0v) is 19.1. The standard InChI is InChI=1S/C26H22F3NO3S/c1-34(32)12-11-30-25(31)20-8-3-6-18(15-20)23-10-4-7-19-16-22(33-24(19)23)14-17-5-2-9-21(13-17)26(27,28)29/h2-10,13,15-16H,11-12,14H2,1H3,(H,30,31). The van der Waals surface area contributed by atoms with Gasteiger partial charge in [-0.2, -0.15) is 13.2 Å². The van der Waals surface area contributed by atoms with Gasteiger partial charge in [0.15, 0.2) is 0 Å². The van der Waals surface area contributed by atoms with Crippen LogP contribution in [0.3, 0.4) is 0 Å². The maximum Gasteiger partial charge on any atom is 0.416 e. The Morgan fingerprint density at radius 2 is 1.76 bits per heavy atom. The number of alkyl halides is 3. The second-order valence-corrected chi connectivity index (χ2v) is 9.48. The number of rotatable bonds is 7. The summed E-state index contributed by atoms with van der Waals surface area (Å²) in [6.07, 6.45) is -2.60. The average molecular weight is 486 g/mol. The van der Waals surface area contributed by atoms with Gasteiger partial charge in [0, 0.05) is 52.3 Å². The first kappa shape index (κ1) is 23.8. The zero-order valence-electron chi connectivity index (χ0n) is 18.3. The van der Waals surface area contributed by atoms with Crippen molar-refractivity contribution < 1.29 is 26.6 Å². The smallest absolute Gasteiger partial charge is 0.416 e. The third kappa shape index (κ3) is 5.56. The molecule has 0 bridgehead atoms. The summed E-state index contributed by atoms with van der Waals surface area (Å²) in [6, 6.07) is 19.7. The molecule has 0 aliphatic rings. The van der Waals surface area contributed by atoms with Gasteiger partial charge in [-0.15, -0.1) is 0 Å². The molecule has 0 radical (unpaired) electrons. The lowest BCUT2D eigenvalue weighted by Crippen LogP contribution is -2.27. The topological polar surface area (TPSA) is 59.3 Å². The number of halogens is 3. The number of amides is 1. The molecule has 1 amide bonds. The Kier molecular flexibility index (Phi) is 6.88. The molecule has 0 spiro atoms. The van der Waals surface area contributed by atoms with E-state index in [-0.39, 0.29) is 12.3 Å². The van der Waals surface area contributed by atoms with Gasteiger partial charge in [-0.05, 0) is 35.4 Å². The summed E-state index contributed by atoms with van der Waals surface area (Å²) in [5.41, 5.74) is 2.43. The van der Waals surface area contributed by atoms with Gasteiger partial charge in [0.1, 0.15) is 11.3 Å². The molecule has 1 heterocycles. The SMILES string of the molecule is CS(=O)CCNC(=O)c1cccc(-c2cccc3cc(Cc4cccc(C(F)(F)F)c4)oc23)c1.